The van der Waals surface area contributed by atoms with Crippen molar-refractivity contribution in [1.82, 2.24) is 5.32 Å². The minimum Gasteiger partial charge on any atom is -0.462 e. The number of nitrogens with one attached hydrogen (secondary N) is 2. The maximum Gasteiger partial charge on any atom is 0.341 e. The van der Waals surface area contributed by atoms with Gasteiger partial charge in [0.2, 0.25) is 5.91 Å². The summed E-state index contributed by atoms with van der Waals surface area (Å²) in [6, 6.07) is 8.93. The van der Waals surface area contributed by atoms with Crippen molar-refractivity contribution in [2.24, 2.45) is 0 Å². The third-order valence-electron chi connectivity index (χ3n) is 4.20. The predicted molar refractivity (Wildman–Crippen MR) is 111 cm³/mol. The molecule has 7 heteroatoms. The van der Waals surface area contributed by atoms with E-state index >= 15 is 0 Å². The number of hydrogen-bond donors (Lipinski definition) is 2. The van der Waals surface area contributed by atoms with Crippen molar-refractivity contribution in [3.63, 3.8) is 0 Å². The molecule has 0 atom stereocenters. The molecule has 150 valence electrons. The van der Waals surface area contributed by atoms with E-state index in [4.69, 9.17) is 4.74 Å². The third kappa shape index (κ3) is 5.66. The molecule has 2 rings (SSSR count). The molecule has 0 radical (unpaired) electrons. The molecule has 0 saturated carbocycles. The first-order chi connectivity index (χ1) is 13.5. The maximum absolute atomic E-state index is 12.3. The van der Waals surface area contributed by atoms with Crippen molar-refractivity contribution < 1.29 is 19.1 Å². The molecule has 1 aromatic heterocycles. The molecule has 2 aromatic rings. The van der Waals surface area contributed by atoms with Gasteiger partial charge in [-0.1, -0.05) is 25.1 Å². The highest BCUT2D eigenvalue weighted by atomic mass is 32.1. The van der Waals surface area contributed by atoms with Crippen LogP contribution in [0.4, 0.5) is 5.00 Å². The second kappa shape index (κ2) is 10.6. The minimum atomic E-state index is -0.408. The molecule has 0 fully saturated rings. The van der Waals surface area contributed by atoms with E-state index in [9.17, 15) is 14.4 Å². The second-order valence-corrected chi connectivity index (χ2v) is 7.41. The summed E-state index contributed by atoms with van der Waals surface area (Å²) in [6.45, 7) is 6.34. The highest BCUT2D eigenvalue weighted by Crippen LogP contribution is 2.34. The molecule has 0 spiro atoms. The fourth-order valence-corrected chi connectivity index (χ4v) is 3.99. The summed E-state index contributed by atoms with van der Waals surface area (Å²) in [5.74, 6) is -0.760. The lowest BCUT2D eigenvalue weighted by molar-refractivity contribution is -0.116. The Morgan fingerprint density at radius 2 is 1.82 bits per heavy atom. The normalized spacial score (nSPS) is 10.4. The Kier molecular flexibility index (Phi) is 8.19. The van der Waals surface area contributed by atoms with Crippen molar-refractivity contribution in [3.8, 4) is 0 Å². The van der Waals surface area contributed by atoms with Gasteiger partial charge in [0.1, 0.15) is 5.00 Å². The number of anilines is 1. The molecule has 0 aliphatic rings. The summed E-state index contributed by atoms with van der Waals surface area (Å²) in [5.41, 5.74) is 1.96. The van der Waals surface area contributed by atoms with Gasteiger partial charge in [-0.05, 0) is 44.4 Å². The zero-order valence-electron chi connectivity index (χ0n) is 16.5. The quantitative estimate of drug-likeness (QED) is 0.491. The van der Waals surface area contributed by atoms with Crippen LogP contribution < -0.4 is 10.6 Å². The van der Waals surface area contributed by atoms with Gasteiger partial charge < -0.3 is 15.4 Å². The first-order valence-corrected chi connectivity index (χ1v) is 10.2. The van der Waals surface area contributed by atoms with Crippen LogP contribution in [0, 0.1) is 6.92 Å². The van der Waals surface area contributed by atoms with Crippen LogP contribution in [0.5, 0.6) is 0 Å². The van der Waals surface area contributed by atoms with Crippen molar-refractivity contribution in [1.29, 1.82) is 0 Å². The smallest absolute Gasteiger partial charge is 0.341 e. The number of rotatable bonds is 9. The number of ether oxygens (including phenoxy) is 1. The average molecular weight is 403 g/mol. The van der Waals surface area contributed by atoms with E-state index in [1.165, 1.54) is 11.3 Å². The Bertz CT molecular complexity index is 830. The van der Waals surface area contributed by atoms with Crippen LogP contribution in [0.1, 0.15) is 57.8 Å². The first kappa shape index (κ1) is 21.6. The van der Waals surface area contributed by atoms with E-state index in [2.05, 4.69) is 10.6 Å². The summed E-state index contributed by atoms with van der Waals surface area (Å²) in [6.07, 6.45) is 1.44. The van der Waals surface area contributed by atoms with Crippen molar-refractivity contribution in [2.45, 2.75) is 40.0 Å². The SMILES string of the molecule is CCOC(=O)c1c(NC(=O)CCCNC(=O)c2ccccc2)sc(C)c1CC. The zero-order valence-corrected chi connectivity index (χ0v) is 17.3. The van der Waals surface area contributed by atoms with Crippen LogP contribution in [0.25, 0.3) is 0 Å². The van der Waals surface area contributed by atoms with Gasteiger partial charge in [0.05, 0.1) is 12.2 Å². The van der Waals surface area contributed by atoms with Gasteiger partial charge in [0, 0.05) is 23.4 Å². The number of carbonyl (C=O) groups is 3. The largest absolute Gasteiger partial charge is 0.462 e. The van der Waals surface area contributed by atoms with Crippen molar-refractivity contribution >= 4 is 34.1 Å². The van der Waals surface area contributed by atoms with E-state index in [0.717, 1.165) is 10.4 Å². The van der Waals surface area contributed by atoms with Crippen LogP contribution in [0.2, 0.25) is 0 Å². The molecule has 28 heavy (non-hydrogen) atoms. The van der Waals surface area contributed by atoms with Gasteiger partial charge in [-0.25, -0.2) is 4.79 Å². The van der Waals surface area contributed by atoms with Gasteiger partial charge >= 0.3 is 5.97 Å². The van der Waals surface area contributed by atoms with Gasteiger partial charge in [-0.3, -0.25) is 9.59 Å². The molecular weight excluding hydrogens is 376 g/mol. The monoisotopic (exact) mass is 402 g/mol. The number of esters is 1. The lowest BCUT2D eigenvalue weighted by Crippen LogP contribution is -2.25. The summed E-state index contributed by atoms with van der Waals surface area (Å²) in [4.78, 5) is 37.6. The highest BCUT2D eigenvalue weighted by Gasteiger charge is 2.23. The minimum absolute atomic E-state index is 0.160. The lowest BCUT2D eigenvalue weighted by Gasteiger charge is -2.08. The van der Waals surface area contributed by atoms with E-state index in [-0.39, 0.29) is 24.8 Å². The van der Waals surface area contributed by atoms with Crippen LogP contribution in [0.15, 0.2) is 30.3 Å². The van der Waals surface area contributed by atoms with Gasteiger partial charge in [-0.15, -0.1) is 11.3 Å². The highest BCUT2D eigenvalue weighted by molar-refractivity contribution is 7.16. The number of carbonyl (C=O) groups excluding carboxylic acids is 3. The Morgan fingerprint density at radius 3 is 2.46 bits per heavy atom. The second-order valence-electron chi connectivity index (χ2n) is 6.19. The number of thiophene rings is 1. The molecule has 6 nitrogen and oxygen atoms in total. The molecular formula is C21H26N2O4S. The first-order valence-electron chi connectivity index (χ1n) is 9.40. The number of aryl methyl sites for hydroxylation is 1. The molecule has 0 aliphatic heterocycles. The third-order valence-corrected chi connectivity index (χ3v) is 5.26. The molecule has 2 N–H and O–H groups in total. The summed E-state index contributed by atoms with van der Waals surface area (Å²) < 4.78 is 5.14. The Balaban J connectivity index is 1.89. The van der Waals surface area contributed by atoms with Gasteiger partial charge in [-0.2, -0.15) is 0 Å². The number of benzene rings is 1. The molecule has 0 bridgehead atoms. The molecule has 0 saturated heterocycles. The number of amides is 2. The van der Waals surface area contributed by atoms with Crippen LogP contribution in [-0.4, -0.2) is 30.9 Å². The molecule has 0 unspecified atom stereocenters. The van der Waals surface area contributed by atoms with E-state index in [1.54, 1.807) is 31.2 Å². The molecule has 1 aromatic carbocycles. The maximum atomic E-state index is 12.3. The Morgan fingerprint density at radius 1 is 1.11 bits per heavy atom. The lowest BCUT2D eigenvalue weighted by atomic mass is 10.1. The average Bonchev–Trinajstić information content (AvgIpc) is 3.00. The fraction of sp³-hybridized carbons (Fsp3) is 0.381. The summed E-state index contributed by atoms with van der Waals surface area (Å²) in [7, 11) is 0. The molecule has 1 heterocycles. The van der Waals surface area contributed by atoms with E-state index in [1.807, 2.05) is 19.9 Å². The zero-order chi connectivity index (χ0) is 20.5. The Labute approximate surface area is 169 Å². The number of hydrogen-bond acceptors (Lipinski definition) is 5. The van der Waals surface area contributed by atoms with Gasteiger partial charge in [0.25, 0.3) is 5.91 Å². The van der Waals surface area contributed by atoms with Crippen molar-refractivity contribution in [3.05, 3.63) is 51.9 Å². The van der Waals surface area contributed by atoms with Crippen LogP contribution >= 0.6 is 11.3 Å². The topological polar surface area (TPSA) is 84.5 Å². The Hall–Kier alpha value is -2.67. The standard InChI is InChI=1S/C21H26N2O4S/c1-4-16-14(3)28-20(18(16)21(26)27-5-2)23-17(24)12-9-13-22-19(25)15-10-7-6-8-11-15/h6-8,10-11H,4-5,9,12-13H2,1-3H3,(H,22,25)(H,23,24). The van der Waals surface area contributed by atoms with Gasteiger partial charge in [0.15, 0.2) is 0 Å². The van der Waals surface area contributed by atoms with Crippen LogP contribution in [0.3, 0.4) is 0 Å². The predicted octanol–water partition coefficient (Wildman–Crippen LogP) is 3.94. The van der Waals surface area contributed by atoms with E-state index < -0.39 is 5.97 Å². The van der Waals surface area contributed by atoms with E-state index in [0.29, 0.717) is 35.5 Å². The summed E-state index contributed by atoms with van der Waals surface area (Å²) >= 11 is 1.39. The summed E-state index contributed by atoms with van der Waals surface area (Å²) in [5, 5.41) is 6.16. The molecule has 0 aliphatic carbocycles. The molecule has 2 amide bonds. The fourth-order valence-electron chi connectivity index (χ4n) is 2.84. The van der Waals surface area contributed by atoms with Crippen LogP contribution in [-0.2, 0) is 16.0 Å². The van der Waals surface area contributed by atoms with Crippen molar-refractivity contribution in [2.75, 3.05) is 18.5 Å².